The van der Waals surface area contributed by atoms with Crippen LogP contribution < -0.4 is 0 Å². The molecule has 0 nitrogen and oxygen atoms in total. The van der Waals surface area contributed by atoms with Crippen molar-refractivity contribution in [2.75, 3.05) is 0 Å². The summed E-state index contributed by atoms with van der Waals surface area (Å²) in [7, 11) is 0. The van der Waals surface area contributed by atoms with Crippen LogP contribution in [-0.4, -0.2) is 0 Å². The van der Waals surface area contributed by atoms with Gasteiger partial charge in [-0.25, -0.2) is 0 Å². The highest BCUT2D eigenvalue weighted by atomic mass is 14.1. The lowest BCUT2D eigenvalue weighted by Crippen LogP contribution is -1.96. The number of hydrogen-bond acceptors (Lipinski definition) is 0. The first-order valence-corrected chi connectivity index (χ1v) is 4.37. The summed E-state index contributed by atoms with van der Waals surface area (Å²) in [5.74, 6) is 0.792. The van der Waals surface area contributed by atoms with Gasteiger partial charge in [-0.15, -0.1) is 6.58 Å². The third-order valence-electron chi connectivity index (χ3n) is 2.05. The Morgan fingerprint density at radius 2 is 2.36 bits per heavy atom. The molecule has 0 heteroatoms. The highest BCUT2D eigenvalue weighted by Gasteiger charge is 2.02. The van der Waals surface area contributed by atoms with E-state index in [2.05, 4.69) is 30.9 Å². The predicted octanol–water partition coefficient (Wildman–Crippen LogP) is 3.48. The first-order valence-electron chi connectivity index (χ1n) is 4.37. The summed E-state index contributed by atoms with van der Waals surface area (Å²) in [5, 5.41) is 0. The smallest absolute Gasteiger partial charge is 0.0196 e. The van der Waals surface area contributed by atoms with E-state index in [9.17, 15) is 0 Å². The highest BCUT2D eigenvalue weighted by molar-refractivity contribution is 5.10. The third kappa shape index (κ3) is 3.22. The van der Waals surface area contributed by atoms with Gasteiger partial charge in [0.25, 0.3) is 0 Å². The molecule has 0 fully saturated rings. The van der Waals surface area contributed by atoms with Crippen molar-refractivity contribution in [2.45, 2.75) is 25.7 Å². The fourth-order valence-electron chi connectivity index (χ4n) is 1.37. The molecular weight excluding hydrogens is 132 g/mol. The van der Waals surface area contributed by atoms with E-state index in [-0.39, 0.29) is 0 Å². The van der Waals surface area contributed by atoms with Gasteiger partial charge < -0.3 is 0 Å². The molecule has 1 unspecified atom stereocenters. The maximum atomic E-state index is 3.71. The minimum atomic E-state index is 0.792. The number of unbranched alkanes of at least 4 members (excludes halogenated alkanes) is 1. The van der Waals surface area contributed by atoms with Crippen LogP contribution >= 0.6 is 0 Å². The van der Waals surface area contributed by atoms with E-state index in [1.807, 2.05) is 6.08 Å². The third-order valence-corrected chi connectivity index (χ3v) is 2.05. The lowest BCUT2D eigenvalue weighted by atomic mass is 9.95. The lowest BCUT2D eigenvalue weighted by Gasteiger charge is -2.11. The quantitative estimate of drug-likeness (QED) is 0.423. The second kappa shape index (κ2) is 4.95. The average Bonchev–Trinajstić information content (AvgIpc) is 2.07. The molecule has 0 aromatic rings. The van der Waals surface area contributed by atoms with Crippen molar-refractivity contribution >= 4 is 0 Å². The van der Waals surface area contributed by atoms with Gasteiger partial charge in [0.05, 0.1) is 0 Å². The molecule has 0 saturated carbocycles. The maximum Gasteiger partial charge on any atom is -0.0196 e. The molecule has 11 heavy (non-hydrogen) atoms. The Bertz CT molecular complexity index is 163. The molecule has 0 heterocycles. The van der Waals surface area contributed by atoms with Crippen LogP contribution in [0.5, 0.6) is 0 Å². The van der Waals surface area contributed by atoms with Crippen LogP contribution in [0.15, 0.2) is 37.0 Å². The summed E-state index contributed by atoms with van der Waals surface area (Å²) < 4.78 is 0. The molecule has 1 rings (SSSR count). The Hall–Kier alpha value is -0.780. The summed E-state index contributed by atoms with van der Waals surface area (Å²) in [6.07, 6.45) is 15.8. The monoisotopic (exact) mass is 148 g/mol. The molecule has 0 spiro atoms. The number of allylic oxidation sites excluding steroid dienone is 5. The zero-order valence-corrected chi connectivity index (χ0v) is 7.00. The Morgan fingerprint density at radius 3 is 3.00 bits per heavy atom. The van der Waals surface area contributed by atoms with E-state index >= 15 is 0 Å². The van der Waals surface area contributed by atoms with Crippen LogP contribution in [0.25, 0.3) is 0 Å². The van der Waals surface area contributed by atoms with Gasteiger partial charge in [-0.2, -0.15) is 0 Å². The van der Waals surface area contributed by atoms with Gasteiger partial charge in [-0.3, -0.25) is 0 Å². The van der Waals surface area contributed by atoms with Crippen LogP contribution in [-0.2, 0) is 0 Å². The van der Waals surface area contributed by atoms with Crippen molar-refractivity contribution < 1.29 is 0 Å². The fraction of sp³-hybridized carbons (Fsp3) is 0.455. The fourth-order valence-corrected chi connectivity index (χ4v) is 1.37. The van der Waals surface area contributed by atoms with Crippen LogP contribution in [0, 0.1) is 5.92 Å². The standard InChI is InChI=1S/C11H16/c1-2-3-5-8-11-9-6-4-7-10-11/h2,4,6-7,9,11H,1,3,5,8,10H2. The Morgan fingerprint density at radius 1 is 1.45 bits per heavy atom. The van der Waals surface area contributed by atoms with Crippen LogP contribution in [0.3, 0.4) is 0 Å². The molecule has 1 aliphatic carbocycles. The molecule has 0 bridgehead atoms. The summed E-state index contributed by atoms with van der Waals surface area (Å²) in [6.45, 7) is 3.71. The Labute approximate surface area is 69.3 Å². The zero-order valence-electron chi connectivity index (χ0n) is 7.00. The molecule has 1 atom stereocenters. The largest absolute Gasteiger partial charge is 0.103 e. The zero-order chi connectivity index (χ0) is 7.94. The predicted molar refractivity (Wildman–Crippen MR) is 50.4 cm³/mol. The molecule has 0 radical (unpaired) electrons. The van der Waals surface area contributed by atoms with Crippen molar-refractivity contribution in [1.82, 2.24) is 0 Å². The lowest BCUT2D eigenvalue weighted by molar-refractivity contribution is 0.568. The molecule has 60 valence electrons. The topological polar surface area (TPSA) is 0 Å². The Kier molecular flexibility index (Phi) is 3.74. The molecule has 0 amide bonds. The van der Waals surface area contributed by atoms with Gasteiger partial charge in [0.15, 0.2) is 0 Å². The van der Waals surface area contributed by atoms with E-state index in [1.54, 1.807) is 0 Å². The molecule has 0 aliphatic heterocycles. The van der Waals surface area contributed by atoms with Crippen molar-refractivity contribution in [1.29, 1.82) is 0 Å². The van der Waals surface area contributed by atoms with Gasteiger partial charge in [0.1, 0.15) is 0 Å². The maximum absolute atomic E-state index is 3.71. The van der Waals surface area contributed by atoms with Crippen molar-refractivity contribution in [3.8, 4) is 0 Å². The first-order chi connectivity index (χ1) is 5.43. The summed E-state index contributed by atoms with van der Waals surface area (Å²) in [5.41, 5.74) is 0. The molecule has 0 saturated heterocycles. The van der Waals surface area contributed by atoms with E-state index in [4.69, 9.17) is 0 Å². The van der Waals surface area contributed by atoms with Crippen molar-refractivity contribution in [3.63, 3.8) is 0 Å². The first kappa shape index (κ1) is 8.32. The molecule has 1 aliphatic rings. The van der Waals surface area contributed by atoms with Crippen molar-refractivity contribution in [3.05, 3.63) is 37.0 Å². The normalized spacial score (nSPS) is 22.0. The summed E-state index contributed by atoms with van der Waals surface area (Å²) in [6, 6.07) is 0. The van der Waals surface area contributed by atoms with E-state index in [0.717, 1.165) is 12.3 Å². The SMILES string of the molecule is C=CCCCC1C=CC=CC1. The number of rotatable bonds is 4. The highest BCUT2D eigenvalue weighted by Crippen LogP contribution is 2.17. The summed E-state index contributed by atoms with van der Waals surface area (Å²) >= 11 is 0. The van der Waals surface area contributed by atoms with Gasteiger partial charge in [0, 0.05) is 0 Å². The second-order valence-corrected chi connectivity index (χ2v) is 3.03. The Balaban J connectivity index is 2.12. The van der Waals surface area contributed by atoms with Crippen molar-refractivity contribution in [2.24, 2.45) is 5.92 Å². The molecule has 0 aromatic heterocycles. The molecular formula is C11H16. The second-order valence-electron chi connectivity index (χ2n) is 3.03. The minimum Gasteiger partial charge on any atom is -0.103 e. The van der Waals surface area contributed by atoms with Crippen LogP contribution in [0.1, 0.15) is 25.7 Å². The molecule has 0 aromatic carbocycles. The van der Waals surface area contributed by atoms with E-state index in [0.29, 0.717) is 0 Å². The van der Waals surface area contributed by atoms with Crippen LogP contribution in [0.4, 0.5) is 0 Å². The average molecular weight is 148 g/mol. The van der Waals surface area contributed by atoms with E-state index < -0.39 is 0 Å². The van der Waals surface area contributed by atoms with Gasteiger partial charge in [0.2, 0.25) is 0 Å². The van der Waals surface area contributed by atoms with E-state index in [1.165, 1.54) is 19.3 Å². The van der Waals surface area contributed by atoms with Gasteiger partial charge in [-0.05, 0) is 31.6 Å². The summed E-state index contributed by atoms with van der Waals surface area (Å²) in [4.78, 5) is 0. The number of hydrogen-bond donors (Lipinski definition) is 0. The van der Waals surface area contributed by atoms with Gasteiger partial charge in [-0.1, -0.05) is 30.4 Å². The minimum absolute atomic E-state index is 0.792. The van der Waals surface area contributed by atoms with Crippen LogP contribution in [0.2, 0.25) is 0 Å². The molecule has 0 N–H and O–H groups in total. The van der Waals surface area contributed by atoms with Gasteiger partial charge >= 0.3 is 0 Å².